The van der Waals surface area contributed by atoms with Gasteiger partial charge in [-0.15, -0.1) is 11.3 Å². The number of pyridine rings is 1. The van der Waals surface area contributed by atoms with Gasteiger partial charge in [0.2, 0.25) is 0 Å². The van der Waals surface area contributed by atoms with E-state index in [2.05, 4.69) is 9.97 Å². The summed E-state index contributed by atoms with van der Waals surface area (Å²) in [5.41, 5.74) is 1.08. The highest BCUT2D eigenvalue weighted by Gasteiger charge is 2.20. The first kappa shape index (κ1) is 13.7. The molecule has 1 atom stereocenters. The molecule has 2 rings (SSSR count). The Kier molecular flexibility index (Phi) is 4.27. The third-order valence-corrected chi connectivity index (χ3v) is 4.29. The number of aromatic nitrogens is 2. The van der Waals surface area contributed by atoms with Crippen LogP contribution in [0.2, 0.25) is 0 Å². The first-order chi connectivity index (χ1) is 9.13. The van der Waals surface area contributed by atoms with E-state index in [1.165, 1.54) is 11.3 Å². The van der Waals surface area contributed by atoms with Crippen molar-refractivity contribution in [1.29, 1.82) is 0 Å². The molecule has 0 aliphatic rings. The Morgan fingerprint density at radius 1 is 1.42 bits per heavy atom. The van der Waals surface area contributed by atoms with E-state index in [4.69, 9.17) is 0 Å². The first-order valence-corrected chi connectivity index (χ1v) is 7.07. The Morgan fingerprint density at radius 3 is 2.68 bits per heavy atom. The maximum Gasteiger partial charge on any atom is 0.265 e. The lowest BCUT2D eigenvalue weighted by Crippen LogP contribution is -2.29. The normalized spacial score (nSPS) is 12.2. The van der Waals surface area contributed by atoms with E-state index < -0.39 is 0 Å². The van der Waals surface area contributed by atoms with Crippen molar-refractivity contribution < 1.29 is 4.79 Å². The monoisotopic (exact) mass is 275 g/mol. The first-order valence-electron chi connectivity index (χ1n) is 6.25. The minimum Gasteiger partial charge on any atom is -0.334 e. The maximum absolute atomic E-state index is 12.4. The number of thiazole rings is 1. The van der Waals surface area contributed by atoms with Crippen LogP contribution in [0.5, 0.6) is 0 Å². The number of aryl methyl sites for hydroxylation is 1. The fourth-order valence-corrected chi connectivity index (χ4v) is 2.63. The average Bonchev–Trinajstić information content (AvgIpc) is 2.94. The molecule has 0 spiro atoms. The van der Waals surface area contributed by atoms with Crippen LogP contribution >= 0.6 is 11.3 Å². The Labute approximate surface area is 117 Å². The molecule has 0 fully saturated rings. The van der Waals surface area contributed by atoms with Gasteiger partial charge in [0.1, 0.15) is 4.88 Å². The predicted octanol–water partition coefficient (Wildman–Crippen LogP) is 2.93. The van der Waals surface area contributed by atoms with Crippen molar-refractivity contribution in [3.05, 3.63) is 46.2 Å². The Balaban J connectivity index is 2.15. The molecule has 0 aliphatic carbocycles. The van der Waals surface area contributed by atoms with Gasteiger partial charge in [-0.1, -0.05) is 6.92 Å². The van der Waals surface area contributed by atoms with E-state index in [1.807, 2.05) is 33.0 Å². The molecule has 1 unspecified atom stereocenters. The molecular formula is C14H17N3OS. The number of carbonyl (C=O) groups excluding carboxylic acids is 1. The van der Waals surface area contributed by atoms with E-state index in [1.54, 1.807) is 23.5 Å². The lowest BCUT2D eigenvalue weighted by molar-refractivity contribution is 0.0747. The Hall–Kier alpha value is -1.75. The van der Waals surface area contributed by atoms with Crippen molar-refractivity contribution in [3.63, 3.8) is 0 Å². The van der Waals surface area contributed by atoms with Gasteiger partial charge in [-0.2, -0.15) is 0 Å². The summed E-state index contributed by atoms with van der Waals surface area (Å²) in [6, 6.07) is 3.87. The second-order valence-electron chi connectivity index (χ2n) is 4.34. The van der Waals surface area contributed by atoms with Gasteiger partial charge in [-0.05, 0) is 31.0 Å². The molecule has 0 saturated carbocycles. The summed E-state index contributed by atoms with van der Waals surface area (Å²) in [6.45, 7) is 4.05. The number of amides is 1. The molecule has 0 aliphatic heterocycles. The summed E-state index contributed by atoms with van der Waals surface area (Å²) in [6.07, 6.45) is 6.02. The molecule has 2 aromatic heterocycles. The number of nitrogens with zero attached hydrogens (tertiary/aromatic N) is 3. The van der Waals surface area contributed by atoms with Crippen LogP contribution < -0.4 is 0 Å². The molecule has 0 saturated heterocycles. The van der Waals surface area contributed by atoms with Gasteiger partial charge in [-0.25, -0.2) is 4.98 Å². The molecule has 0 N–H and O–H groups in total. The van der Waals surface area contributed by atoms with Crippen LogP contribution in [0.3, 0.4) is 0 Å². The Morgan fingerprint density at radius 2 is 2.11 bits per heavy atom. The average molecular weight is 275 g/mol. The standard InChI is InChI=1S/C14H17N3OS/c1-4-13-16-9-12(19-13)14(18)17(3)10(2)11-5-7-15-8-6-11/h5-10H,4H2,1-3H3. The zero-order valence-corrected chi connectivity index (χ0v) is 12.1. The minimum atomic E-state index is 0.0153. The van der Waals surface area contributed by atoms with Crippen molar-refractivity contribution in [3.8, 4) is 0 Å². The summed E-state index contributed by atoms with van der Waals surface area (Å²) in [7, 11) is 1.82. The van der Waals surface area contributed by atoms with Crippen LogP contribution in [-0.4, -0.2) is 27.8 Å². The zero-order valence-electron chi connectivity index (χ0n) is 11.3. The van der Waals surface area contributed by atoms with E-state index in [0.29, 0.717) is 4.88 Å². The van der Waals surface area contributed by atoms with Crippen LogP contribution in [0.1, 0.15) is 40.1 Å². The predicted molar refractivity (Wildman–Crippen MR) is 76.2 cm³/mol. The third-order valence-electron chi connectivity index (χ3n) is 3.16. The second-order valence-corrected chi connectivity index (χ2v) is 5.46. The van der Waals surface area contributed by atoms with Crippen LogP contribution in [0.15, 0.2) is 30.7 Å². The highest BCUT2D eigenvalue weighted by atomic mass is 32.1. The maximum atomic E-state index is 12.4. The molecule has 5 heteroatoms. The van der Waals surface area contributed by atoms with Gasteiger partial charge in [0, 0.05) is 19.4 Å². The number of hydrogen-bond donors (Lipinski definition) is 0. The van der Waals surface area contributed by atoms with Crippen molar-refractivity contribution in [2.75, 3.05) is 7.05 Å². The van der Waals surface area contributed by atoms with Gasteiger partial charge >= 0.3 is 0 Å². The zero-order chi connectivity index (χ0) is 13.8. The quantitative estimate of drug-likeness (QED) is 0.862. The molecule has 0 bridgehead atoms. The van der Waals surface area contributed by atoms with Crippen LogP contribution in [0.25, 0.3) is 0 Å². The second kappa shape index (κ2) is 5.93. The van der Waals surface area contributed by atoms with Crippen LogP contribution in [0, 0.1) is 0 Å². The highest BCUT2D eigenvalue weighted by Crippen LogP contribution is 2.22. The largest absolute Gasteiger partial charge is 0.334 e. The fourth-order valence-electron chi connectivity index (χ4n) is 1.79. The molecular weight excluding hydrogens is 258 g/mol. The topological polar surface area (TPSA) is 46.1 Å². The minimum absolute atomic E-state index is 0.0153. The number of hydrogen-bond acceptors (Lipinski definition) is 4. The van der Waals surface area contributed by atoms with Crippen LogP contribution in [0.4, 0.5) is 0 Å². The number of carbonyl (C=O) groups is 1. The fraction of sp³-hybridized carbons (Fsp3) is 0.357. The van der Waals surface area contributed by atoms with Crippen molar-refractivity contribution in [1.82, 2.24) is 14.9 Å². The third kappa shape index (κ3) is 2.98. The van der Waals surface area contributed by atoms with Gasteiger partial charge in [0.25, 0.3) is 5.91 Å². The van der Waals surface area contributed by atoms with Gasteiger partial charge in [-0.3, -0.25) is 9.78 Å². The van der Waals surface area contributed by atoms with Crippen LogP contribution in [-0.2, 0) is 6.42 Å². The molecule has 0 radical (unpaired) electrons. The van der Waals surface area contributed by atoms with Crippen molar-refractivity contribution in [2.45, 2.75) is 26.3 Å². The lowest BCUT2D eigenvalue weighted by Gasteiger charge is -2.24. The molecule has 19 heavy (non-hydrogen) atoms. The van der Waals surface area contributed by atoms with Gasteiger partial charge in [0.15, 0.2) is 0 Å². The van der Waals surface area contributed by atoms with Gasteiger partial charge in [0.05, 0.1) is 17.2 Å². The molecule has 1 amide bonds. The summed E-state index contributed by atoms with van der Waals surface area (Å²) < 4.78 is 0. The lowest BCUT2D eigenvalue weighted by atomic mass is 10.1. The summed E-state index contributed by atoms with van der Waals surface area (Å²) in [4.78, 5) is 23.0. The summed E-state index contributed by atoms with van der Waals surface area (Å²) in [5, 5.41) is 0.994. The van der Waals surface area contributed by atoms with E-state index in [9.17, 15) is 4.79 Å². The van der Waals surface area contributed by atoms with E-state index >= 15 is 0 Å². The molecule has 100 valence electrons. The molecule has 2 aromatic rings. The van der Waals surface area contributed by atoms with Gasteiger partial charge < -0.3 is 4.90 Å². The summed E-state index contributed by atoms with van der Waals surface area (Å²) >= 11 is 1.47. The highest BCUT2D eigenvalue weighted by molar-refractivity contribution is 7.13. The smallest absolute Gasteiger partial charge is 0.265 e. The van der Waals surface area contributed by atoms with Crippen molar-refractivity contribution >= 4 is 17.2 Å². The molecule has 4 nitrogen and oxygen atoms in total. The molecule has 0 aromatic carbocycles. The van der Waals surface area contributed by atoms with E-state index in [-0.39, 0.29) is 11.9 Å². The van der Waals surface area contributed by atoms with E-state index in [0.717, 1.165) is 17.0 Å². The SMILES string of the molecule is CCc1ncc(C(=O)N(C)C(C)c2ccncc2)s1. The number of rotatable bonds is 4. The molecule has 2 heterocycles. The van der Waals surface area contributed by atoms with Crippen molar-refractivity contribution in [2.24, 2.45) is 0 Å². The Bertz CT molecular complexity index is 553. The summed E-state index contributed by atoms with van der Waals surface area (Å²) in [5.74, 6) is 0.0153.